The maximum atomic E-state index is 11.0. The molecule has 0 aliphatic carbocycles. The summed E-state index contributed by atoms with van der Waals surface area (Å²) in [5.74, 6) is 0.524. The molecular formula is C10H18N4O. The molecule has 0 aliphatic rings. The molecule has 1 aromatic rings. The van der Waals surface area contributed by atoms with Crippen LogP contribution in [0, 0.1) is 0 Å². The normalized spacial score (nSPS) is 14.9. The fraction of sp³-hybridized carbons (Fsp3) is 0.600. The maximum absolute atomic E-state index is 11.0. The van der Waals surface area contributed by atoms with Crippen molar-refractivity contribution in [3.05, 3.63) is 18.2 Å². The highest BCUT2D eigenvalue weighted by Crippen LogP contribution is 2.08. The number of hydrogen-bond acceptors (Lipinski definition) is 3. The number of hydrogen-bond donors (Lipinski definition) is 2. The summed E-state index contributed by atoms with van der Waals surface area (Å²) in [4.78, 5) is 15.2. The minimum atomic E-state index is -0.949. The Morgan fingerprint density at radius 1 is 1.67 bits per heavy atom. The standard InChI is InChI=1S/C10H18N4O/c1-3-8-13-5-7-14(8)6-4-10(2,12)9(11)15/h5,7H,3-4,6,12H2,1-2H3,(H2,11,15). The number of aromatic nitrogens is 2. The van der Waals surface area contributed by atoms with Crippen molar-refractivity contribution < 1.29 is 4.79 Å². The molecule has 0 spiro atoms. The topological polar surface area (TPSA) is 86.9 Å². The number of carbonyl (C=O) groups excluding carboxylic acids is 1. The lowest BCUT2D eigenvalue weighted by Crippen LogP contribution is -2.49. The highest BCUT2D eigenvalue weighted by Gasteiger charge is 2.25. The Kier molecular flexibility index (Phi) is 3.47. The molecule has 0 fully saturated rings. The van der Waals surface area contributed by atoms with Crippen LogP contribution in [-0.4, -0.2) is 21.0 Å². The average molecular weight is 210 g/mol. The molecule has 15 heavy (non-hydrogen) atoms. The molecule has 0 radical (unpaired) electrons. The molecule has 5 heteroatoms. The van der Waals surface area contributed by atoms with Crippen LogP contribution in [0.1, 0.15) is 26.1 Å². The van der Waals surface area contributed by atoms with Gasteiger partial charge in [-0.1, -0.05) is 6.92 Å². The minimum Gasteiger partial charge on any atom is -0.368 e. The smallest absolute Gasteiger partial charge is 0.237 e. The van der Waals surface area contributed by atoms with Gasteiger partial charge in [-0.2, -0.15) is 0 Å². The zero-order valence-electron chi connectivity index (χ0n) is 9.23. The molecular weight excluding hydrogens is 192 g/mol. The fourth-order valence-electron chi connectivity index (χ4n) is 1.33. The third-order valence-electron chi connectivity index (χ3n) is 2.55. The number of aryl methyl sites for hydroxylation is 2. The number of carbonyl (C=O) groups is 1. The monoisotopic (exact) mass is 210 g/mol. The second kappa shape index (κ2) is 4.44. The predicted molar refractivity (Wildman–Crippen MR) is 58.0 cm³/mol. The number of primary amides is 1. The lowest BCUT2D eigenvalue weighted by atomic mass is 9.99. The molecule has 84 valence electrons. The first kappa shape index (κ1) is 11.7. The molecule has 0 bridgehead atoms. The Labute approximate surface area is 89.5 Å². The minimum absolute atomic E-state index is 0.472. The Bertz CT molecular complexity index is 343. The zero-order chi connectivity index (χ0) is 11.5. The summed E-state index contributed by atoms with van der Waals surface area (Å²) in [5, 5.41) is 0. The van der Waals surface area contributed by atoms with Crippen molar-refractivity contribution in [3.8, 4) is 0 Å². The van der Waals surface area contributed by atoms with Crippen LogP contribution in [0.15, 0.2) is 12.4 Å². The number of rotatable bonds is 5. The molecule has 1 unspecified atom stereocenters. The van der Waals surface area contributed by atoms with Crippen molar-refractivity contribution in [1.82, 2.24) is 9.55 Å². The average Bonchev–Trinajstić information content (AvgIpc) is 2.61. The summed E-state index contributed by atoms with van der Waals surface area (Å²) in [6, 6.07) is 0. The van der Waals surface area contributed by atoms with Gasteiger partial charge in [0.05, 0.1) is 5.54 Å². The summed E-state index contributed by atoms with van der Waals surface area (Å²) >= 11 is 0. The van der Waals surface area contributed by atoms with Crippen molar-refractivity contribution in [2.45, 2.75) is 38.8 Å². The molecule has 0 aromatic carbocycles. The van der Waals surface area contributed by atoms with E-state index in [2.05, 4.69) is 4.98 Å². The van der Waals surface area contributed by atoms with Crippen molar-refractivity contribution in [1.29, 1.82) is 0 Å². The van der Waals surface area contributed by atoms with E-state index in [1.807, 2.05) is 17.7 Å². The van der Waals surface area contributed by atoms with Gasteiger partial charge in [-0.15, -0.1) is 0 Å². The van der Waals surface area contributed by atoms with Gasteiger partial charge in [0, 0.05) is 25.4 Å². The van der Waals surface area contributed by atoms with Gasteiger partial charge < -0.3 is 16.0 Å². The van der Waals surface area contributed by atoms with Gasteiger partial charge in [0.2, 0.25) is 5.91 Å². The molecule has 1 aromatic heterocycles. The Balaban J connectivity index is 2.61. The Hall–Kier alpha value is -1.36. The third kappa shape index (κ3) is 2.79. The van der Waals surface area contributed by atoms with E-state index in [4.69, 9.17) is 11.5 Å². The van der Waals surface area contributed by atoms with E-state index in [1.54, 1.807) is 13.1 Å². The Morgan fingerprint density at radius 3 is 2.87 bits per heavy atom. The molecule has 1 atom stereocenters. The van der Waals surface area contributed by atoms with E-state index in [1.165, 1.54) is 0 Å². The highest BCUT2D eigenvalue weighted by atomic mass is 16.1. The van der Waals surface area contributed by atoms with Crippen LogP contribution >= 0.6 is 0 Å². The SMILES string of the molecule is CCc1nccn1CCC(C)(N)C(N)=O. The third-order valence-corrected chi connectivity index (χ3v) is 2.55. The molecule has 1 rings (SSSR count). The summed E-state index contributed by atoms with van der Waals surface area (Å²) in [6.07, 6.45) is 5.02. The van der Waals surface area contributed by atoms with Gasteiger partial charge in [-0.25, -0.2) is 4.98 Å². The second-order valence-corrected chi connectivity index (χ2v) is 3.92. The van der Waals surface area contributed by atoms with Crippen molar-refractivity contribution in [2.75, 3.05) is 0 Å². The van der Waals surface area contributed by atoms with E-state index >= 15 is 0 Å². The van der Waals surface area contributed by atoms with E-state index in [0.29, 0.717) is 13.0 Å². The van der Waals surface area contributed by atoms with Crippen LogP contribution in [0.5, 0.6) is 0 Å². The van der Waals surface area contributed by atoms with Gasteiger partial charge in [-0.3, -0.25) is 4.79 Å². The number of nitrogens with two attached hydrogens (primary N) is 2. The second-order valence-electron chi connectivity index (χ2n) is 3.92. The fourth-order valence-corrected chi connectivity index (χ4v) is 1.33. The van der Waals surface area contributed by atoms with Gasteiger partial charge in [0.15, 0.2) is 0 Å². The van der Waals surface area contributed by atoms with Gasteiger partial charge in [0.1, 0.15) is 5.82 Å². The maximum Gasteiger partial charge on any atom is 0.237 e. The van der Waals surface area contributed by atoms with Gasteiger partial charge >= 0.3 is 0 Å². The lowest BCUT2D eigenvalue weighted by Gasteiger charge is -2.20. The van der Waals surface area contributed by atoms with Crippen LogP contribution in [0.3, 0.4) is 0 Å². The van der Waals surface area contributed by atoms with Crippen LogP contribution in [0.25, 0.3) is 0 Å². The first-order chi connectivity index (χ1) is 6.97. The van der Waals surface area contributed by atoms with E-state index in [0.717, 1.165) is 12.2 Å². The van der Waals surface area contributed by atoms with Crippen LogP contribution < -0.4 is 11.5 Å². The van der Waals surface area contributed by atoms with E-state index in [-0.39, 0.29) is 0 Å². The molecule has 4 N–H and O–H groups in total. The molecule has 1 heterocycles. The van der Waals surface area contributed by atoms with Gasteiger partial charge in [-0.05, 0) is 13.3 Å². The number of amides is 1. The number of imidazole rings is 1. The van der Waals surface area contributed by atoms with E-state index in [9.17, 15) is 4.79 Å². The summed E-state index contributed by atoms with van der Waals surface area (Å²) in [7, 11) is 0. The lowest BCUT2D eigenvalue weighted by molar-refractivity contribution is -0.122. The molecule has 1 amide bonds. The molecule has 0 saturated heterocycles. The molecule has 0 aliphatic heterocycles. The first-order valence-corrected chi connectivity index (χ1v) is 5.06. The largest absolute Gasteiger partial charge is 0.368 e. The molecule has 0 saturated carbocycles. The zero-order valence-corrected chi connectivity index (χ0v) is 9.23. The van der Waals surface area contributed by atoms with Crippen molar-refractivity contribution in [3.63, 3.8) is 0 Å². The number of nitrogens with zero attached hydrogens (tertiary/aromatic N) is 2. The van der Waals surface area contributed by atoms with Gasteiger partial charge in [0.25, 0.3) is 0 Å². The van der Waals surface area contributed by atoms with Crippen molar-refractivity contribution in [2.24, 2.45) is 11.5 Å². The van der Waals surface area contributed by atoms with Crippen LogP contribution in [-0.2, 0) is 17.8 Å². The summed E-state index contributed by atoms with van der Waals surface area (Å²) in [6.45, 7) is 4.35. The first-order valence-electron chi connectivity index (χ1n) is 5.06. The summed E-state index contributed by atoms with van der Waals surface area (Å²) in [5.41, 5.74) is 10.0. The molecule has 5 nitrogen and oxygen atoms in total. The predicted octanol–water partition coefficient (Wildman–Crippen LogP) is 0.0383. The quantitative estimate of drug-likeness (QED) is 0.719. The van der Waals surface area contributed by atoms with Crippen LogP contribution in [0.2, 0.25) is 0 Å². The van der Waals surface area contributed by atoms with E-state index < -0.39 is 11.4 Å². The highest BCUT2D eigenvalue weighted by molar-refractivity contribution is 5.83. The Morgan fingerprint density at radius 2 is 2.33 bits per heavy atom. The summed E-state index contributed by atoms with van der Waals surface area (Å²) < 4.78 is 1.99. The van der Waals surface area contributed by atoms with Crippen molar-refractivity contribution >= 4 is 5.91 Å². The van der Waals surface area contributed by atoms with Crippen LogP contribution in [0.4, 0.5) is 0 Å².